The zero-order chi connectivity index (χ0) is 18.0. The molecule has 0 amide bonds. The molecular formula is C18H27BO4S. The van der Waals surface area contributed by atoms with Gasteiger partial charge in [0.2, 0.25) is 0 Å². The van der Waals surface area contributed by atoms with E-state index < -0.39 is 13.4 Å². The van der Waals surface area contributed by atoms with Gasteiger partial charge in [-0.1, -0.05) is 30.3 Å². The first kappa shape index (κ1) is 19.5. The van der Waals surface area contributed by atoms with E-state index in [0.29, 0.717) is 5.75 Å². The van der Waals surface area contributed by atoms with E-state index in [1.807, 2.05) is 52.0 Å². The Balaban J connectivity index is 2.36. The zero-order valence-corrected chi connectivity index (χ0v) is 16.2. The van der Waals surface area contributed by atoms with Crippen LogP contribution in [0.25, 0.3) is 6.08 Å². The molecule has 0 spiro atoms. The highest BCUT2D eigenvalue weighted by atomic mass is 32.1. The van der Waals surface area contributed by atoms with Gasteiger partial charge in [-0.15, -0.1) is 0 Å². The minimum absolute atomic E-state index is 0.374. The third-order valence-electron chi connectivity index (χ3n) is 4.76. The standard InChI is InChI=1S/C18H27BO4S/c1-17(2)18(3,4)23-19(22-17)14(12-24)11-13-9-7-8-10-15(13)16(20-5)21-6/h7-11,16,24H,12H2,1-6H3. The van der Waals surface area contributed by atoms with Gasteiger partial charge in [-0.05, 0) is 38.7 Å². The minimum atomic E-state index is -0.420. The van der Waals surface area contributed by atoms with Crippen molar-refractivity contribution >= 4 is 25.8 Å². The molecule has 0 unspecified atom stereocenters. The van der Waals surface area contributed by atoms with Crippen LogP contribution in [0.4, 0.5) is 0 Å². The first-order valence-electron chi connectivity index (χ1n) is 8.07. The highest BCUT2D eigenvalue weighted by Gasteiger charge is 2.52. The Labute approximate surface area is 151 Å². The van der Waals surface area contributed by atoms with E-state index >= 15 is 0 Å². The summed E-state index contributed by atoms with van der Waals surface area (Å²) in [5.41, 5.74) is 2.18. The molecule has 0 aliphatic carbocycles. The number of methoxy groups -OCH3 is 2. The summed E-state index contributed by atoms with van der Waals surface area (Å²) in [5.74, 6) is 0.537. The van der Waals surface area contributed by atoms with E-state index in [1.165, 1.54) is 0 Å². The zero-order valence-electron chi connectivity index (χ0n) is 15.3. The molecule has 1 aliphatic rings. The van der Waals surface area contributed by atoms with Crippen molar-refractivity contribution in [3.8, 4) is 0 Å². The number of ether oxygens (including phenoxy) is 2. The van der Waals surface area contributed by atoms with E-state index in [0.717, 1.165) is 16.6 Å². The van der Waals surface area contributed by atoms with Crippen molar-refractivity contribution in [2.75, 3.05) is 20.0 Å². The largest absolute Gasteiger partial charge is 0.491 e. The molecule has 132 valence electrons. The Hall–Kier alpha value is -0.785. The Morgan fingerprint density at radius 1 is 1.12 bits per heavy atom. The van der Waals surface area contributed by atoms with Gasteiger partial charge in [-0.3, -0.25) is 0 Å². The molecular weight excluding hydrogens is 323 g/mol. The second-order valence-electron chi connectivity index (χ2n) is 6.90. The molecule has 1 aliphatic heterocycles. The third kappa shape index (κ3) is 3.89. The molecule has 6 heteroatoms. The number of benzene rings is 1. The second kappa shape index (κ2) is 7.62. The Bertz CT molecular complexity index is 580. The van der Waals surface area contributed by atoms with Crippen molar-refractivity contribution in [3.63, 3.8) is 0 Å². The lowest BCUT2D eigenvalue weighted by atomic mass is 9.78. The Morgan fingerprint density at radius 2 is 1.67 bits per heavy atom. The number of rotatable bonds is 6. The molecule has 0 radical (unpaired) electrons. The maximum Gasteiger partial charge on any atom is 0.491 e. The first-order chi connectivity index (χ1) is 11.3. The van der Waals surface area contributed by atoms with Crippen LogP contribution in [0.2, 0.25) is 0 Å². The van der Waals surface area contributed by atoms with Gasteiger partial charge in [0, 0.05) is 25.5 Å². The lowest BCUT2D eigenvalue weighted by molar-refractivity contribution is -0.106. The molecule has 1 aromatic carbocycles. The molecule has 1 heterocycles. The van der Waals surface area contributed by atoms with Crippen LogP contribution < -0.4 is 0 Å². The fourth-order valence-electron chi connectivity index (χ4n) is 2.59. The third-order valence-corrected chi connectivity index (χ3v) is 5.12. The van der Waals surface area contributed by atoms with Crippen molar-refractivity contribution < 1.29 is 18.8 Å². The van der Waals surface area contributed by atoms with Gasteiger partial charge in [-0.2, -0.15) is 12.6 Å². The van der Waals surface area contributed by atoms with Gasteiger partial charge >= 0.3 is 7.12 Å². The second-order valence-corrected chi connectivity index (χ2v) is 7.21. The predicted octanol–water partition coefficient (Wildman–Crippen LogP) is 3.92. The predicted molar refractivity (Wildman–Crippen MR) is 101 cm³/mol. The average Bonchev–Trinajstić information content (AvgIpc) is 2.75. The molecule has 1 fully saturated rings. The maximum atomic E-state index is 6.14. The van der Waals surface area contributed by atoms with E-state index in [4.69, 9.17) is 18.8 Å². The number of hydrogen-bond donors (Lipinski definition) is 1. The summed E-state index contributed by atoms with van der Waals surface area (Å²) in [4.78, 5) is 0. The molecule has 24 heavy (non-hydrogen) atoms. The van der Waals surface area contributed by atoms with Crippen molar-refractivity contribution in [3.05, 3.63) is 40.9 Å². The lowest BCUT2D eigenvalue weighted by Crippen LogP contribution is -2.41. The molecule has 0 atom stereocenters. The van der Waals surface area contributed by atoms with Gasteiger partial charge in [-0.25, -0.2) is 0 Å². The summed E-state index contributed by atoms with van der Waals surface area (Å²) < 4.78 is 23.1. The van der Waals surface area contributed by atoms with Crippen molar-refractivity contribution in [1.82, 2.24) is 0 Å². The van der Waals surface area contributed by atoms with Crippen LogP contribution in [-0.4, -0.2) is 38.3 Å². The molecule has 2 rings (SSSR count). The highest BCUT2D eigenvalue weighted by molar-refractivity contribution is 7.80. The SMILES string of the molecule is COC(OC)c1ccccc1C=C(CS)B1OC(C)(C)C(C)(C)O1. The summed E-state index contributed by atoms with van der Waals surface area (Å²) >= 11 is 4.48. The molecule has 0 aromatic heterocycles. The van der Waals surface area contributed by atoms with Crippen LogP contribution in [0.1, 0.15) is 45.1 Å². The molecule has 1 aromatic rings. The van der Waals surface area contributed by atoms with Crippen molar-refractivity contribution in [2.24, 2.45) is 0 Å². The summed E-state index contributed by atoms with van der Waals surface area (Å²) in [5, 5.41) is 0. The first-order valence-corrected chi connectivity index (χ1v) is 8.70. The van der Waals surface area contributed by atoms with E-state index in [-0.39, 0.29) is 11.2 Å². The Morgan fingerprint density at radius 3 is 2.17 bits per heavy atom. The minimum Gasteiger partial charge on any atom is -0.400 e. The summed E-state index contributed by atoms with van der Waals surface area (Å²) in [6, 6.07) is 7.96. The molecule has 0 bridgehead atoms. The Kier molecular flexibility index (Phi) is 6.21. The van der Waals surface area contributed by atoms with Gasteiger partial charge in [0.25, 0.3) is 0 Å². The van der Waals surface area contributed by atoms with Crippen LogP contribution in [0.15, 0.2) is 29.7 Å². The summed E-state index contributed by atoms with van der Waals surface area (Å²) in [6.45, 7) is 8.18. The van der Waals surface area contributed by atoms with Gasteiger partial charge in [0.1, 0.15) is 0 Å². The topological polar surface area (TPSA) is 36.9 Å². The smallest absolute Gasteiger partial charge is 0.400 e. The lowest BCUT2D eigenvalue weighted by Gasteiger charge is -2.32. The quantitative estimate of drug-likeness (QED) is 0.479. The van der Waals surface area contributed by atoms with E-state index in [9.17, 15) is 0 Å². The fourth-order valence-corrected chi connectivity index (χ4v) is 2.83. The fraction of sp³-hybridized carbons (Fsp3) is 0.556. The van der Waals surface area contributed by atoms with Gasteiger partial charge in [0.15, 0.2) is 6.29 Å². The molecule has 1 saturated heterocycles. The van der Waals surface area contributed by atoms with E-state index in [1.54, 1.807) is 14.2 Å². The molecule has 0 saturated carbocycles. The van der Waals surface area contributed by atoms with E-state index in [2.05, 4.69) is 18.7 Å². The molecule has 0 N–H and O–H groups in total. The van der Waals surface area contributed by atoms with Crippen LogP contribution in [-0.2, 0) is 18.8 Å². The number of hydrogen-bond acceptors (Lipinski definition) is 5. The van der Waals surface area contributed by atoms with Crippen molar-refractivity contribution in [2.45, 2.75) is 45.2 Å². The van der Waals surface area contributed by atoms with Crippen LogP contribution >= 0.6 is 12.6 Å². The van der Waals surface area contributed by atoms with Crippen LogP contribution in [0.5, 0.6) is 0 Å². The summed E-state index contributed by atoms with van der Waals surface area (Å²) in [6.07, 6.45) is 1.63. The number of thiol groups is 1. The van der Waals surface area contributed by atoms with Crippen LogP contribution in [0.3, 0.4) is 0 Å². The normalized spacial score (nSPS) is 20.0. The monoisotopic (exact) mass is 350 g/mol. The highest BCUT2D eigenvalue weighted by Crippen LogP contribution is 2.39. The van der Waals surface area contributed by atoms with Gasteiger partial charge in [0.05, 0.1) is 11.2 Å². The average molecular weight is 350 g/mol. The van der Waals surface area contributed by atoms with Gasteiger partial charge < -0.3 is 18.8 Å². The molecule has 4 nitrogen and oxygen atoms in total. The maximum absolute atomic E-state index is 6.14. The summed E-state index contributed by atoms with van der Waals surface area (Å²) in [7, 11) is 2.84. The van der Waals surface area contributed by atoms with Crippen molar-refractivity contribution in [1.29, 1.82) is 0 Å². The van der Waals surface area contributed by atoms with Crippen LogP contribution in [0, 0.1) is 0 Å².